The quantitative estimate of drug-likeness (QED) is 0.844. The van der Waals surface area contributed by atoms with Gasteiger partial charge in [0.2, 0.25) is 5.13 Å². The Hall–Kier alpha value is -2.02. The maximum absolute atomic E-state index is 12.7. The Morgan fingerprint density at radius 2 is 2.14 bits per heavy atom. The molecule has 2 atom stereocenters. The van der Waals surface area contributed by atoms with Gasteiger partial charge >= 0.3 is 0 Å². The zero-order valence-electron chi connectivity index (χ0n) is 12.3. The molecule has 22 heavy (non-hydrogen) atoms. The molecule has 0 bridgehead atoms. The third-order valence-corrected chi connectivity index (χ3v) is 5.32. The molecule has 0 aromatic carbocycles. The van der Waals surface area contributed by atoms with Gasteiger partial charge in [0.25, 0.3) is 5.91 Å². The lowest BCUT2D eigenvalue weighted by Crippen LogP contribution is -2.39. The maximum Gasteiger partial charge on any atom is 0.255 e. The molecule has 2 fully saturated rings. The second-order valence-electron chi connectivity index (χ2n) is 5.81. The fraction of sp³-hybridized carbons (Fsp3) is 0.467. The summed E-state index contributed by atoms with van der Waals surface area (Å²) in [7, 11) is 0. The summed E-state index contributed by atoms with van der Waals surface area (Å²) in [5.41, 5.74) is 3.37. The molecule has 0 spiro atoms. The highest BCUT2D eigenvalue weighted by atomic mass is 32.1. The van der Waals surface area contributed by atoms with Crippen molar-refractivity contribution in [1.82, 2.24) is 20.1 Å². The number of anilines is 1. The molecule has 0 aliphatic carbocycles. The van der Waals surface area contributed by atoms with E-state index in [4.69, 9.17) is 0 Å². The number of fused-ring (bicyclic) bond motifs is 1. The highest BCUT2D eigenvalue weighted by Crippen LogP contribution is 2.36. The number of amides is 1. The SMILES string of the molecule is Cc1ccc(C(=O)N2CC[C@H]3[C@H]2CCN3c2nncs2)cn1. The minimum absolute atomic E-state index is 0.0964. The van der Waals surface area contributed by atoms with E-state index < -0.39 is 0 Å². The van der Waals surface area contributed by atoms with Crippen molar-refractivity contribution in [2.24, 2.45) is 0 Å². The summed E-state index contributed by atoms with van der Waals surface area (Å²) in [6.07, 6.45) is 3.67. The lowest BCUT2D eigenvalue weighted by atomic mass is 10.1. The van der Waals surface area contributed by atoms with E-state index >= 15 is 0 Å². The summed E-state index contributed by atoms with van der Waals surface area (Å²) >= 11 is 1.57. The molecule has 0 saturated carbocycles. The molecule has 2 aliphatic rings. The number of rotatable bonds is 2. The molecule has 1 amide bonds. The smallest absolute Gasteiger partial charge is 0.255 e. The first-order valence-corrected chi connectivity index (χ1v) is 8.38. The zero-order valence-corrected chi connectivity index (χ0v) is 13.2. The third-order valence-electron chi connectivity index (χ3n) is 4.59. The van der Waals surface area contributed by atoms with Gasteiger partial charge in [0.05, 0.1) is 17.6 Å². The molecule has 0 radical (unpaired) electrons. The number of pyridine rings is 1. The van der Waals surface area contributed by atoms with Crippen LogP contribution in [0.4, 0.5) is 5.13 Å². The lowest BCUT2D eigenvalue weighted by molar-refractivity contribution is 0.0737. The van der Waals surface area contributed by atoms with E-state index in [-0.39, 0.29) is 11.9 Å². The van der Waals surface area contributed by atoms with Gasteiger partial charge in [-0.1, -0.05) is 11.3 Å². The van der Waals surface area contributed by atoms with Crippen molar-refractivity contribution in [3.05, 3.63) is 35.1 Å². The van der Waals surface area contributed by atoms with Crippen LogP contribution >= 0.6 is 11.3 Å². The van der Waals surface area contributed by atoms with Gasteiger partial charge in [-0.2, -0.15) is 0 Å². The van der Waals surface area contributed by atoms with Crippen LogP contribution in [0.2, 0.25) is 0 Å². The molecule has 0 unspecified atom stereocenters. The summed E-state index contributed by atoms with van der Waals surface area (Å²) in [4.78, 5) is 21.3. The van der Waals surface area contributed by atoms with Gasteiger partial charge < -0.3 is 9.80 Å². The predicted molar refractivity (Wildman–Crippen MR) is 84.1 cm³/mol. The Labute approximate surface area is 132 Å². The maximum atomic E-state index is 12.7. The van der Waals surface area contributed by atoms with Crippen LogP contribution in [0.25, 0.3) is 0 Å². The fourth-order valence-electron chi connectivity index (χ4n) is 3.53. The normalized spacial score (nSPS) is 23.9. The van der Waals surface area contributed by atoms with E-state index in [1.165, 1.54) is 0 Å². The average Bonchev–Trinajstić information content (AvgIpc) is 3.24. The van der Waals surface area contributed by atoms with Gasteiger partial charge in [0, 0.05) is 25.0 Å². The van der Waals surface area contributed by atoms with Gasteiger partial charge in [-0.3, -0.25) is 9.78 Å². The first-order valence-electron chi connectivity index (χ1n) is 7.50. The van der Waals surface area contributed by atoms with E-state index in [0.29, 0.717) is 11.6 Å². The minimum Gasteiger partial charge on any atom is -0.341 e. The van der Waals surface area contributed by atoms with Crippen molar-refractivity contribution in [1.29, 1.82) is 0 Å². The molecular formula is C15H17N5OS. The first kappa shape index (κ1) is 13.6. The molecule has 2 aliphatic heterocycles. The molecule has 4 rings (SSSR count). The summed E-state index contributed by atoms with van der Waals surface area (Å²) in [5, 5.41) is 9.08. The minimum atomic E-state index is 0.0964. The number of carbonyl (C=O) groups excluding carboxylic acids is 1. The second kappa shape index (κ2) is 5.31. The number of aromatic nitrogens is 3. The van der Waals surface area contributed by atoms with Crippen LogP contribution < -0.4 is 4.90 Å². The highest BCUT2D eigenvalue weighted by Gasteiger charge is 2.45. The molecule has 0 N–H and O–H groups in total. The fourth-order valence-corrected chi connectivity index (χ4v) is 4.17. The number of hydrogen-bond acceptors (Lipinski definition) is 6. The number of aryl methyl sites for hydroxylation is 1. The van der Waals surface area contributed by atoms with E-state index in [2.05, 4.69) is 20.1 Å². The number of likely N-dealkylation sites (tertiary alicyclic amines) is 1. The number of nitrogens with zero attached hydrogens (tertiary/aromatic N) is 5. The van der Waals surface area contributed by atoms with Gasteiger partial charge in [-0.05, 0) is 31.9 Å². The topological polar surface area (TPSA) is 62.2 Å². The first-order chi connectivity index (χ1) is 10.7. The van der Waals surface area contributed by atoms with Crippen molar-refractivity contribution < 1.29 is 4.79 Å². The summed E-state index contributed by atoms with van der Waals surface area (Å²) in [6, 6.07) is 4.41. The van der Waals surface area contributed by atoms with E-state index in [9.17, 15) is 4.79 Å². The second-order valence-corrected chi connectivity index (χ2v) is 6.63. The Kier molecular flexibility index (Phi) is 3.29. The number of carbonyl (C=O) groups is 1. The largest absolute Gasteiger partial charge is 0.341 e. The summed E-state index contributed by atoms with van der Waals surface area (Å²) < 4.78 is 0. The Balaban J connectivity index is 1.54. The van der Waals surface area contributed by atoms with Gasteiger partial charge in [-0.25, -0.2) is 0 Å². The van der Waals surface area contributed by atoms with E-state index in [0.717, 1.165) is 36.8 Å². The molecule has 7 heteroatoms. The van der Waals surface area contributed by atoms with Crippen molar-refractivity contribution in [3.8, 4) is 0 Å². The molecule has 114 valence electrons. The van der Waals surface area contributed by atoms with Crippen molar-refractivity contribution >= 4 is 22.4 Å². The van der Waals surface area contributed by atoms with Crippen molar-refractivity contribution in [3.63, 3.8) is 0 Å². The summed E-state index contributed by atoms with van der Waals surface area (Å²) in [6.45, 7) is 3.68. The van der Waals surface area contributed by atoms with Crippen LogP contribution in [0, 0.1) is 6.92 Å². The van der Waals surface area contributed by atoms with Crippen molar-refractivity contribution in [2.75, 3.05) is 18.0 Å². The van der Waals surface area contributed by atoms with Crippen LogP contribution in [-0.4, -0.2) is 51.2 Å². The molecule has 2 aromatic heterocycles. The number of hydrogen-bond donors (Lipinski definition) is 0. The Bertz CT molecular complexity index is 672. The Morgan fingerprint density at radius 1 is 1.27 bits per heavy atom. The van der Waals surface area contributed by atoms with Gasteiger partial charge in [-0.15, -0.1) is 10.2 Å². The molecule has 2 aromatic rings. The van der Waals surface area contributed by atoms with E-state index in [1.54, 1.807) is 23.0 Å². The van der Waals surface area contributed by atoms with Crippen LogP contribution in [0.1, 0.15) is 28.9 Å². The molecule has 6 nitrogen and oxygen atoms in total. The zero-order chi connectivity index (χ0) is 15.1. The van der Waals surface area contributed by atoms with Gasteiger partial charge in [0.15, 0.2) is 0 Å². The van der Waals surface area contributed by atoms with Crippen LogP contribution in [0.3, 0.4) is 0 Å². The predicted octanol–water partition coefficient (Wildman–Crippen LogP) is 1.73. The van der Waals surface area contributed by atoms with Crippen LogP contribution in [-0.2, 0) is 0 Å². The van der Waals surface area contributed by atoms with E-state index in [1.807, 2.05) is 24.0 Å². The summed E-state index contributed by atoms with van der Waals surface area (Å²) in [5.74, 6) is 0.0964. The molecule has 4 heterocycles. The van der Waals surface area contributed by atoms with Gasteiger partial charge in [0.1, 0.15) is 5.51 Å². The average molecular weight is 315 g/mol. The van der Waals surface area contributed by atoms with Crippen LogP contribution in [0.15, 0.2) is 23.8 Å². The molecule has 2 saturated heterocycles. The highest BCUT2D eigenvalue weighted by molar-refractivity contribution is 7.13. The van der Waals surface area contributed by atoms with Crippen molar-refractivity contribution in [2.45, 2.75) is 31.8 Å². The molecular weight excluding hydrogens is 298 g/mol. The lowest BCUT2D eigenvalue weighted by Gasteiger charge is -2.25. The monoisotopic (exact) mass is 315 g/mol. The Morgan fingerprint density at radius 3 is 2.86 bits per heavy atom. The standard InChI is InChI=1S/C15H17N5OS/c1-10-2-3-11(8-16-10)14(21)19-6-4-13-12(19)5-7-20(13)15-18-17-9-22-15/h2-3,8-9,12-13H,4-7H2,1H3/t12-,13+/m1/s1. The van der Waals surface area contributed by atoms with Crippen LogP contribution in [0.5, 0.6) is 0 Å². The third kappa shape index (κ3) is 2.16.